The van der Waals surface area contributed by atoms with E-state index in [1.54, 1.807) is 24.3 Å². The number of carbonyl (C=O) groups is 1. The third-order valence-corrected chi connectivity index (χ3v) is 1.50. The first-order valence-electron chi connectivity index (χ1n) is 3.40. The third kappa shape index (κ3) is 1.66. The molecular formula is C8H8N2O2. The average Bonchev–Trinajstić information content (AvgIpc) is 2.17. The largest absolute Gasteiger partial charge is 0.298 e. The zero-order valence-electron chi connectivity index (χ0n) is 6.60. The number of anilines is 1. The maximum Gasteiger partial charge on any atom is 0.150 e. The highest BCUT2D eigenvalue weighted by atomic mass is 16.3. The van der Waals surface area contributed by atoms with Gasteiger partial charge in [0.2, 0.25) is 0 Å². The molecule has 1 rings (SSSR count). The topological polar surface area (TPSA) is 49.7 Å². The van der Waals surface area contributed by atoms with Crippen molar-refractivity contribution in [1.82, 2.24) is 0 Å². The molecule has 0 aliphatic heterocycles. The average molecular weight is 164 g/mol. The fourth-order valence-electron chi connectivity index (χ4n) is 0.847. The Morgan fingerprint density at radius 3 is 2.83 bits per heavy atom. The predicted octanol–water partition coefficient (Wildman–Crippen LogP) is 1.62. The van der Waals surface area contributed by atoms with Crippen molar-refractivity contribution < 1.29 is 4.79 Å². The Kier molecular flexibility index (Phi) is 2.53. The Morgan fingerprint density at radius 1 is 1.50 bits per heavy atom. The molecule has 0 atom stereocenters. The quantitative estimate of drug-likeness (QED) is 0.387. The minimum absolute atomic E-state index is 0.531. The Balaban J connectivity index is 3.00. The van der Waals surface area contributed by atoms with E-state index in [0.717, 1.165) is 11.3 Å². The lowest BCUT2D eigenvalue weighted by atomic mass is 10.2. The molecule has 0 aliphatic carbocycles. The van der Waals surface area contributed by atoms with Crippen LogP contribution in [0.3, 0.4) is 0 Å². The van der Waals surface area contributed by atoms with E-state index in [0.29, 0.717) is 11.3 Å². The molecule has 0 saturated heterocycles. The fourth-order valence-corrected chi connectivity index (χ4v) is 0.847. The molecule has 1 aromatic rings. The molecule has 0 N–H and O–H groups in total. The lowest BCUT2D eigenvalue weighted by Crippen LogP contribution is -2.06. The van der Waals surface area contributed by atoms with Gasteiger partial charge in [0.05, 0.1) is 11.0 Å². The van der Waals surface area contributed by atoms with Crippen molar-refractivity contribution in [2.24, 2.45) is 5.29 Å². The van der Waals surface area contributed by atoms with Crippen molar-refractivity contribution in [3.05, 3.63) is 34.7 Å². The van der Waals surface area contributed by atoms with Crippen LogP contribution in [0.1, 0.15) is 10.4 Å². The molecule has 4 heteroatoms. The zero-order valence-corrected chi connectivity index (χ0v) is 6.60. The summed E-state index contributed by atoms with van der Waals surface area (Å²) in [4.78, 5) is 20.4. The van der Waals surface area contributed by atoms with Crippen molar-refractivity contribution >= 4 is 12.0 Å². The summed E-state index contributed by atoms with van der Waals surface area (Å²) in [6, 6.07) is 6.65. The SMILES string of the molecule is CN(N=O)c1cccc(C=O)c1. The summed E-state index contributed by atoms with van der Waals surface area (Å²) in [6.07, 6.45) is 0.724. The summed E-state index contributed by atoms with van der Waals surface area (Å²) in [5, 5.41) is 3.86. The third-order valence-electron chi connectivity index (χ3n) is 1.50. The van der Waals surface area contributed by atoms with E-state index in [2.05, 4.69) is 5.29 Å². The van der Waals surface area contributed by atoms with E-state index in [9.17, 15) is 9.70 Å². The van der Waals surface area contributed by atoms with E-state index in [1.807, 2.05) is 0 Å². The van der Waals surface area contributed by atoms with Crippen LogP contribution in [-0.2, 0) is 0 Å². The molecule has 4 nitrogen and oxygen atoms in total. The standard InChI is InChI=1S/C8H8N2O2/c1-10(9-12)8-4-2-3-7(5-8)6-11/h2-6H,1H3. The molecule has 12 heavy (non-hydrogen) atoms. The fraction of sp³-hybridized carbons (Fsp3) is 0.125. The minimum Gasteiger partial charge on any atom is -0.298 e. The second-order valence-corrected chi connectivity index (χ2v) is 2.32. The van der Waals surface area contributed by atoms with Gasteiger partial charge in [-0.1, -0.05) is 12.1 Å². The second-order valence-electron chi connectivity index (χ2n) is 2.32. The van der Waals surface area contributed by atoms with Gasteiger partial charge in [0.15, 0.2) is 0 Å². The van der Waals surface area contributed by atoms with Crippen molar-refractivity contribution in [2.45, 2.75) is 0 Å². The number of carbonyl (C=O) groups excluding carboxylic acids is 1. The predicted molar refractivity (Wildman–Crippen MR) is 46.0 cm³/mol. The Morgan fingerprint density at radius 2 is 2.25 bits per heavy atom. The zero-order chi connectivity index (χ0) is 8.97. The van der Waals surface area contributed by atoms with Gasteiger partial charge in [-0.25, -0.2) is 5.01 Å². The molecule has 0 heterocycles. The molecule has 1 aromatic carbocycles. The van der Waals surface area contributed by atoms with Gasteiger partial charge in [0, 0.05) is 12.6 Å². The number of hydrogen-bond acceptors (Lipinski definition) is 3. The van der Waals surface area contributed by atoms with Gasteiger partial charge < -0.3 is 0 Å². The van der Waals surface area contributed by atoms with Crippen molar-refractivity contribution in [1.29, 1.82) is 0 Å². The smallest absolute Gasteiger partial charge is 0.150 e. The van der Waals surface area contributed by atoms with Gasteiger partial charge in [0.1, 0.15) is 6.29 Å². The number of nitroso groups, excluding NO2 is 1. The Labute approximate surface area is 69.7 Å². The molecule has 0 saturated carbocycles. The summed E-state index contributed by atoms with van der Waals surface area (Å²) in [6.45, 7) is 0. The number of nitrogens with zero attached hydrogens (tertiary/aromatic N) is 2. The van der Waals surface area contributed by atoms with Gasteiger partial charge >= 0.3 is 0 Å². The van der Waals surface area contributed by atoms with E-state index >= 15 is 0 Å². The molecule has 0 amide bonds. The molecular weight excluding hydrogens is 156 g/mol. The molecule has 62 valence electrons. The monoisotopic (exact) mass is 164 g/mol. The number of aldehydes is 1. The van der Waals surface area contributed by atoms with Gasteiger partial charge in [0.25, 0.3) is 0 Å². The maximum atomic E-state index is 10.3. The lowest BCUT2D eigenvalue weighted by molar-refractivity contribution is 0.112. The van der Waals surface area contributed by atoms with Crippen LogP contribution in [0.2, 0.25) is 0 Å². The molecule has 0 bridgehead atoms. The highest BCUT2D eigenvalue weighted by Crippen LogP contribution is 2.13. The summed E-state index contributed by atoms with van der Waals surface area (Å²) in [5.74, 6) is 0. The summed E-state index contributed by atoms with van der Waals surface area (Å²) >= 11 is 0. The van der Waals surface area contributed by atoms with E-state index < -0.39 is 0 Å². The molecule has 0 fully saturated rings. The van der Waals surface area contributed by atoms with Crippen LogP contribution in [0.25, 0.3) is 0 Å². The number of rotatable bonds is 3. The van der Waals surface area contributed by atoms with Crippen LogP contribution in [0, 0.1) is 4.91 Å². The number of hydrogen-bond donors (Lipinski definition) is 0. The van der Waals surface area contributed by atoms with Crippen LogP contribution in [0.4, 0.5) is 5.69 Å². The van der Waals surface area contributed by atoms with Crippen molar-refractivity contribution in [3.8, 4) is 0 Å². The van der Waals surface area contributed by atoms with Crippen LogP contribution < -0.4 is 5.01 Å². The normalized spacial score (nSPS) is 9.08. The van der Waals surface area contributed by atoms with Crippen LogP contribution in [0.5, 0.6) is 0 Å². The highest BCUT2D eigenvalue weighted by Gasteiger charge is 1.99. The molecule has 0 spiro atoms. The first-order chi connectivity index (χ1) is 5.77. The number of benzene rings is 1. The van der Waals surface area contributed by atoms with Gasteiger partial charge in [-0.3, -0.25) is 4.79 Å². The van der Waals surface area contributed by atoms with Crippen LogP contribution in [-0.4, -0.2) is 13.3 Å². The summed E-state index contributed by atoms with van der Waals surface area (Å²) < 4.78 is 0. The van der Waals surface area contributed by atoms with E-state index in [-0.39, 0.29) is 0 Å². The Hall–Kier alpha value is -1.71. The molecule has 0 radical (unpaired) electrons. The van der Waals surface area contributed by atoms with Crippen LogP contribution >= 0.6 is 0 Å². The highest BCUT2D eigenvalue weighted by molar-refractivity contribution is 5.76. The van der Waals surface area contributed by atoms with Gasteiger partial charge in [-0.05, 0) is 12.1 Å². The van der Waals surface area contributed by atoms with E-state index in [4.69, 9.17) is 0 Å². The van der Waals surface area contributed by atoms with Gasteiger partial charge in [-0.2, -0.15) is 0 Å². The first-order valence-corrected chi connectivity index (χ1v) is 3.40. The molecule has 0 aromatic heterocycles. The first kappa shape index (κ1) is 8.39. The molecule has 0 unspecified atom stereocenters. The summed E-state index contributed by atoms with van der Waals surface area (Å²) in [7, 11) is 1.52. The Bertz CT molecular complexity index is 299. The van der Waals surface area contributed by atoms with Crippen molar-refractivity contribution in [3.63, 3.8) is 0 Å². The van der Waals surface area contributed by atoms with Crippen LogP contribution in [0.15, 0.2) is 29.6 Å². The van der Waals surface area contributed by atoms with Crippen molar-refractivity contribution in [2.75, 3.05) is 12.1 Å². The maximum absolute atomic E-state index is 10.3. The lowest BCUT2D eigenvalue weighted by Gasteiger charge is -2.07. The van der Waals surface area contributed by atoms with Gasteiger partial charge in [-0.15, -0.1) is 4.91 Å². The second kappa shape index (κ2) is 3.61. The van der Waals surface area contributed by atoms with E-state index in [1.165, 1.54) is 7.05 Å². The minimum atomic E-state index is 0.531. The summed E-state index contributed by atoms with van der Waals surface area (Å²) in [5.41, 5.74) is 1.14. The molecule has 0 aliphatic rings.